The van der Waals surface area contributed by atoms with Crippen molar-refractivity contribution in [3.8, 4) is 0 Å². The number of methoxy groups -OCH3 is 1. The lowest BCUT2D eigenvalue weighted by molar-refractivity contribution is -0.114. The van der Waals surface area contributed by atoms with Crippen molar-refractivity contribution in [3.05, 3.63) is 59.5 Å². The van der Waals surface area contributed by atoms with Gasteiger partial charge >= 0.3 is 5.97 Å². The average molecular weight is 404 g/mol. The van der Waals surface area contributed by atoms with Gasteiger partial charge < -0.3 is 10.1 Å². The quantitative estimate of drug-likeness (QED) is 0.675. The van der Waals surface area contributed by atoms with E-state index in [9.17, 15) is 22.4 Å². The Balaban J connectivity index is 2.36. The predicted octanol–water partition coefficient (Wildman–Crippen LogP) is 3.07. The summed E-state index contributed by atoms with van der Waals surface area (Å²) in [7, 11) is -3.08. The molecule has 0 saturated carbocycles. The maximum absolute atomic E-state index is 14.3. The molecule has 3 aromatic rings. The van der Waals surface area contributed by atoms with Gasteiger partial charge in [0.2, 0.25) is 5.91 Å². The van der Waals surface area contributed by atoms with Crippen LogP contribution in [0.15, 0.2) is 47.4 Å². The van der Waals surface area contributed by atoms with Crippen molar-refractivity contribution in [3.63, 3.8) is 0 Å². The molecule has 1 N–H and O–H groups in total. The molecular formula is C19H17FN2O5S. The summed E-state index contributed by atoms with van der Waals surface area (Å²) in [6.07, 6.45) is 0. The van der Waals surface area contributed by atoms with Crippen LogP contribution in [0.2, 0.25) is 0 Å². The van der Waals surface area contributed by atoms with Gasteiger partial charge in [0.15, 0.2) is 0 Å². The molecule has 0 atom stereocenters. The molecule has 1 amide bonds. The maximum atomic E-state index is 14.3. The third-order valence-electron chi connectivity index (χ3n) is 4.11. The molecule has 9 heteroatoms. The Morgan fingerprint density at radius 1 is 1.11 bits per heavy atom. The van der Waals surface area contributed by atoms with Gasteiger partial charge in [-0.25, -0.2) is 21.6 Å². The number of hydrogen-bond donors (Lipinski definition) is 1. The Kier molecular flexibility index (Phi) is 4.95. The minimum Gasteiger partial charge on any atom is -0.464 e. The predicted molar refractivity (Wildman–Crippen MR) is 101 cm³/mol. The first kappa shape index (κ1) is 19.6. The Hall–Kier alpha value is -3.20. The molecule has 0 fully saturated rings. The summed E-state index contributed by atoms with van der Waals surface area (Å²) in [5.74, 6) is -2.18. The fraction of sp³-hybridized carbons (Fsp3) is 0.158. The summed E-state index contributed by atoms with van der Waals surface area (Å²) < 4.78 is 46.3. The highest BCUT2D eigenvalue weighted by molar-refractivity contribution is 7.90. The number of nitrogens with zero attached hydrogens (tertiary/aromatic N) is 1. The molecule has 0 aliphatic rings. The molecule has 146 valence electrons. The second-order valence-corrected chi connectivity index (χ2v) is 7.96. The topological polar surface area (TPSA) is 94.5 Å². The molecular weight excluding hydrogens is 387 g/mol. The fourth-order valence-corrected chi connectivity index (χ4v) is 4.30. The SMILES string of the molecule is COC(=O)c1cc2cc(F)c(NC(C)=O)cc2n1S(=O)(=O)c1ccc(C)cc1. The van der Waals surface area contributed by atoms with E-state index in [-0.39, 0.29) is 27.2 Å². The van der Waals surface area contributed by atoms with E-state index in [0.717, 1.165) is 22.7 Å². The van der Waals surface area contributed by atoms with Crippen LogP contribution >= 0.6 is 0 Å². The van der Waals surface area contributed by atoms with Crippen molar-refractivity contribution < 1.29 is 27.1 Å². The number of carbonyl (C=O) groups is 2. The first-order chi connectivity index (χ1) is 13.1. The van der Waals surface area contributed by atoms with Gasteiger partial charge in [0.1, 0.15) is 11.5 Å². The molecule has 0 aliphatic carbocycles. The smallest absolute Gasteiger partial charge is 0.355 e. The zero-order chi connectivity index (χ0) is 20.6. The van der Waals surface area contributed by atoms with Crippen LogP contribution in [0.3, 0.4) is 0 Å². The minimum absolute atomic E-state index is 0.0334. The molecule has 0 saturated heterocycles. The molecule has 0 aliphatic heterocycles. The number of anilines is 1. The van der Waals surface area contributed by atoms with Crippen LogP contribution in [0.1, 0.15) is 23.0 Å². The van der Waals surface area contributed by atoms with Crippen molar-refractivity contribution in [1.29, 1.82) is 0 Å². The minimum atomic E-state index is -4.20. The molecule has 1 heterocycles. The molecule has 3 rings (SSSR count). The van der Waals surface area contributed by atoms with E-state index in [1.165, 1.54) is 31.2 Å². The van der Waals surface area contributed by atoms with Gasteiger partial charge in [-0.05, 0) is 37.3 Å². The second kappa shape index (κ2) is 7.08. The van der Waals surface area contributed by atoms with Gasteiger partial charge in [0.05, 0.1) is 23.2 Å². The van der Waals surface area contributed by atoms with Crippen molar-refractivity contribution in [2.75, 3.05) is 12.4 Å². The van der Waals surface area contributed by atoms with E-state index in [1.54, 1.807) is 12.1 Å². The van der Waals surface area contributed by atoms with E-state index >= 15 is 0 Å². The van der Waals surface area contributed by atoms with Crippen LogP contribution in [-0.2, 0) is 19.6 Å². The number of hydrogen-bond acceptors (Lipinski definition) is 5. The summed E-state index contributed by atoms with van der Waals surface area (Å²) >= 11 is 0. The number of nitrogens with one attached hydrogen (secondary N) is 1. The van der Waals surface area contributed by atoms with E-state index in [1.807, 2.05) is 6.92 Å². The van der Waals surface area contributed by atoms with E-state index < -0.39 is 27.7 Å². The number of ether oxygens (including phenoxy) is 1. The van der Waals surface area contributed by atoms with E-state index in [0.29, 0.717) is 0 Å². The van der Waals surface area contributed by atoms with Crippen LogP contribution in [-0.4, -0.2) is 31.4 Å². The van der Waals surface area contributed by atoms with Crippen molar-refractivity contribution in [1.82, 2.24) is 3.97 Å². The highest BCUT2D eigenvalue weighted by atomic mass is 32.2. The molecule has 7 nitrogen and oxygen atoms in total. The average Bonchev–Trinajstić information content (AvgIpc) is 3.00. The largest absolute Gasteiger partial charge is 0.464 e. The van der Waals surface area contributed by atoms with Crippen molar-refractivity contribution >= 4 is 38.5 Å². The lowest BCUT2D eigenvalue weighted by Gasteiger charge is -2.12. The molecule has 1 aromatic heterocycles. The van der Waals surface area contributed by atoms with E-state index in [2.05, 4.69) is 5.32 Å². The van der Waals surface area contributed by atoms with Gasteiger partial charge in [-0.2, -0.15) is 0 Å². The molecule has 28 heavy (non-hydrogen) atoms. The van der Waals surface area contributed by atoms with Crippen LogP contribution in [0.4, 0.5) is 10.1 Å². The number of benzene rings is 2. The third-order valence-corrected chi connectivity index (χ3v) is 5.85. The number of rotatable bonds is 4. The zero-order valence-electron chi connectivity index (χ0n) is 15.3. The second-order valence-electron chi connectivity index (χ2n) is 6.18. The monoisotopic (exact) mass is 404 g/mol. The summed E-state index contributed by atoms with van der Waals surface area (Å²) in [6.45, 7) is 3.01. The summed E-state index contributed by atoms with van der Waals surface area (Å²) in [5.41, 5.74) is 0.415. The van der Waals surface area contributed by atoms with Crippen LogP contribution in [0.5, 0.6) is 0 Å². The van der Waals surface area contributed by atoms with Gasteiger partial charge in [-0.3, -0.25) is 4.79 Å². The Bertz CT molecular complexity index is 1200. The number of aromatic nitrogens is 1. The van der Waals surface area contributed by atoms with Crippen molar-refractivity contribution in [2.45, 2.75) is 18.7 Å². The Morgan fingerprint density at radius 2 is 1.75 bits per heavy atom. The number of amides is 1. The van der Waals surface area contributed by atoms with Crippen molar-refractivity contribution in [2.24, 2.45) is 0 Å². The molecule has 0 unspecified atom stereocenters. The van der Waals surface area contributed by atoms with E-state index in [4.69, 9.17) is 4.74 Å². The first-order valence-electron chi connectivity index (χ1n) is 8.18. The summed E-state index contributed by atoms with van der Waals surface area (Å²) in [6, 6.07) is 9.52. The summed E-state index contributed by atoms with van der Waals surface area (Å²) in [4.78, 5) is 23.5. The van der Waals surface area contributed by atoms with Crippen LogP contribution in [0, 0.1) is 12.7 Å². The standard InChI is InChI=1S/C19H17FN2O5S/c1-11-4-6-14(7-5-11)28(25,26)22-17-10-16(21-12(2)23)15(20)8-13(17)9-18(22)19(24)27-3/h4-10H,1-3H3,(H,21,23). The summed E-state index contributed by atoms with van der Waals surface area (Å²) in [5, 5.41) is 2.47. The number of fused-ring (bicyclic) bond motifs is 1. The van der Waals surface area contributed by atoms with Crippen LogP contribution < -0.4 is 5.32 Å². The number of carbonyl (C=O) groups excluding carboxylic acids is 2. The lowest BCUT2D eigenvalue weighted by atomic mass is 10.2. The van der Waals surface area contributed by atoms with Gasteiger partial charge in [0, 0.05) is 12.3 Å². The third kappa shape index (κ3) is 3.36. The number of aryl methyl sites for hydroxylation is 1. The van der Waals surface area contributed by atoms with Gasteiger partial charge in [-0.1, -0.05) is 17.7 Å². The number of esters is 1. The van der Waals surface area contributed by atoms with Gasteiger partial charge in [0.25, 0.3) is 10.0 Å². The maximum Gasteiger partial charge on any atom is 0.355 e. The first-order valence-corrected chi connectivity index (χ1v) is 9.62. The fourth-order valence-electron chi connectivity index (χ4n) is 2.81. The van der Waals surface area contributed by atoms with Crippen LogP contribution in [0.25, 0.3) is 10.9 Å². The zero-order valence-corrected chi connectivity index (χ0v) is 16.1. The number of halogens is 1. The lowest BCUT2D eigenvalue weighted by Crippen LogP contribution is -2.19. The Labute approximate surface area is 160 Å². The van der Waals surface area contributed by atoms with Gasteiger partial charge in [-0.15, -0.1) is 0 Å². The Morgan fingerprint density at radius 3 is 2.32 bits per heavy atom. The molecule has 0 radical (unpaired) electrons. The molecule has 0 bridgehead atoms. The normalized spacial score (nSPS) is 11.4. The molecule has 0 spiro atoms. The molecule has 2 aromatic carbocycles. The highest BCUT2D eigenvalue weighted by Gasteiger charge is 2.28. The highest BCUT2D eigenvalue weighted by Crippen LogP contribution is 2.30.